The number of carbonyl (C=O) groups is 1. The third kappa shape index (κ3) is 1.32. The number of hydrogen-bond donors (Lipinski definition) is 0. The first kappa shape index (κ1) is 9.46. The summed E-state index contributed by atoms with van der Waals surface area (Å²) in [7, 11) is 1.65. The van der Waals surface area contributed by atoms with Gasteiger partial charge in [0.05, 0.1) is 13.5 Å². The van der Waals surface area contributed by atoms with Gasteiger partial charge < -0.3 is 9.47 Å². The van der Waals surface area contributed by atoms with Gasteiger partial charge in [-0.05, 0) is 23.8 Å². The van der Waals surface area contributed by atoms with E-state index >= 15 is 0 Å². The first-order chi connectivity index (χ1) is 7.78. The highest BCUT2D eigenvalue weighted by Crippen LogP contribution is 2.40. The van der Waals surface area contributed by atoms with Gasteiger partial charge in [0.15, 0.2) is 0 Å². The molecule has 0 bridgehead atoms. The van der Waals surface area contributed by atoms with Crippen LogP contribution in [-0.2, 0) is 14.3 Å². The van der Waals surface area contributed by atoms with Crippen molar-refractivity contribution in [2.75, 3.05) is 7.11 Å². The van der Waals surface area contributed by atoms with Gasteiger partial charge in [0.2, 0.25) is 0 Å². The van der Waals surface area contributed by atoms with Gasteiger partial charge >= 0.3 is 5.97 Å². The number of rotatable bonds is 1. The lowest BCUT2D eigenvalue weighted by Gasteiger charge is -2.26. The van der Waals surface area contributed by atoms with Crippen molar-refractivity contribution in [2.24, 2.45) is 11.8 Å². The standard InChI is InChI=1S/C13H12O3/c1-15-9-4-2-8-3-5-12-11(10(8)6-9)7-13(14)16-12/h2-6,8,10H,7H2,1H3. The molecule has 3 heteroatoms. The van der Waals surface area contributed by atoms with Gasteiger partial charge in [0.1, 0.15) is 11.5 Å². The largest absolute Gasteiger partial charge is 0.497 e. The molecule has 0 aromatic heterocycles. The summed E-state index contributed by atoms with van der Waals surface area (Å²) in [4.78, 5) is 11.3. The molecule has 2 unspecified atom stereocenters. The third-order valence-corrected chi connectivity index (χ3v) is 3.22. The highest BCUT2D eigenvalue weighted by molar-refractivity contribution is 5.78. The molecule has 0 amide bonds. The van der Waals surface area contributed by atoms with Crippen molar-refractivity contribution in [3.8, 4) is 0 Å². The SMILES string of the molecule is COC1=CC2C3=C(C=CC2C=C1)OC(=O)C3. The van der Waals surface area contributed by atoms with Crippen LogP contribution in [0.4, 0.5) is 0 Å². The highest BCUT2D eigenvalue weighted by atomic mass is 16.5. The number of allylic oxidation sites excluding steroid dienone is 5. The Bertz CT molecular complexity index is 466. The van der Waals surface area contributed by atoms with E-state index < -0.39 is 0 Å². The Hall–Kier alpha value is -1.77. The number of ether oxygens (including phenoxy) is 2. The molecule has 82 valence electrons. The van der Waals surface area contributed by atoms with E-state index in [1.165, 1.54) is 0 Å². The second kappa shape index (κ2) is 3.37. The maximum atomic E-state index is 11.3. The van der Waals surface area contributed by atoms with Gasteiger partial charge in [0.25, 0.3) is 0 Å². The zero-order chi connectivity index (χ0) is 11.1. The fraction of sp³-hybridized carbons (Fsp3) is 0.308. The normalized spacial score (nSPS) is 30.8. The van der Waals surface area contributed by atoms with Crippen LogP contribution < -0.4 is 0 Å². The maximum absolute atomic E-state index is 11.3. The minimum atomic E-state index is -0.155. The van der Waals surface area contributed by atoms with Crippen LogP contribution in [0.5, 0.6) is 0 Å². The molecule has 3 rings (SSSR count). The van der Waals surface area contributed by atoms with E-state index in [1.807, 2.05) is 12.2 Å². The third-order valence-electron chi connectivity index (χ3n) is 3.22. The minimum Gasteiger partial charge on any atom is -0.497 e. The van der Waals surface area contributed by atoms with E-state index in [9.17, 15) is 4.79 Å². The summed E-state index contributed by atoms with van der Waals surface area (Å²) in [6.07, 6.45) is 10.5. The summed E-state index contributed by atoms with van der Waals surface area (Å²) >= 11 is 0. The molecule has 0 aromatic carbocycles. The fourth-order valence-corrected chi connectivity index (χ4v) is 2.41. The van der Waals surface area contributed by atoms with Crippen LogP contribution in [0.25, 0.3) is 0 Å². The second-order valence-electron chi connectivity index (χ2n) is 4.13. The molecule has 0 saturated heterocycles. The summed E-state index contributed by atoms with van der Waals surface area (Å²) in [5.41, 5.74) is 1.08. The van der Waals surface area contributed by atoms with Gasteiger partial charge in [-0.1, -0.05) is 12.2 Å². The summed E-state index contributed by atoms with van der Waals surface area (Å²) in [6, 6.07) is 0. The summed E-state index contributed by atoms with van der Waals surface area (Å²) in [5, 5.41) is 0. The Balaban J connectivity index is 1.98. The average molecular weight is 216 g/mol. The topological polar surface area (TPSA) is 35.5 Å². The Morgan fingerprint density at radius 3 is 3.00 bits per heavy atom. The van der Waals surface area contributed by atoms with Crippen molar-refractivity contribution < 1.29 is 14.3 Å². The molecule has 16 heavy (non-hydrogen) atoms. The Labute approximate surface area is 93.7 Å². The van der Waals surface area contributed by atoms with Crippen molar-refractivity contribution in [1.29, 1.82) is 0 Å². The predicted molar refractivity (Wildman–Crippen MR) is 58.1 cm³/mol. The second-order valence-corrected chi connectivity index (χ2v) is 4.13. The molecule has 0 fully saturated rings. The van der Waals surface area contributed by atoms with Crippen molar-refractivity contribution in [3.05, 3.63) is 47.5 Å². The summed E-state index contributed by atoms with van der Waals surface area (Å²) in [5.74, 6) is 1.96. The van der Waals surface area contributed by atoms with Gasteiger partial charge in [-0.15, -0.1) is 0 Å². The molecule has 2 atom stereocenters. The van der Waals surface area contributed by atoms with E-state index in [1.54, 1.807) is 7.11 Å². The van der Waals surface area contributed by atoms with Crippen LogP contribution in [0, 0.1) is 11.8 Å². The molecule has 0 saturated carbocycles. The van der Waals surface area contributed by atoms with Crippen molar-refractivity contribution in [2.45, 2.75) is 6.42 Å². The lowest BCUT2D eigenvalue weighted by atomic mass is 9.78. The highest BCUT2D eigenvalue weighted by Gasteiger charge is 2.34. The zero-order valence-corrected chi connectivity index (χ0v) is 8.97. The van der Waals surface area contributed by atoms with Crippen LogP contribution in [0.15, 0.2) is 47.5 Å². The van der Waals surface area contributed by atoms with E-state index in [2.05, 4.69) is 18.2 Å². The summed E-state index contributed by atoms with van der Waals surface area (Å²) in [6.45, 7) is 0. The van der Waals surface area contributed by atoms with Crippen LogP contribution in [0.3, 0.4) is 0 Å². The van der Waals surface area contributed by atoms with Crippen LogP contribution in [-0.4, -0.2) is 13.1 Å². The van der Waals surface area contributed by atoms with Gasteiger partial charge in [-0.3, -0.25) is 4.79 Å². The molecule has 1 heterocycles. The number of methoxy groups -OCH3 is 1. The summed E-state index contributed by atoms with van der Waals surface area (Å²) < 4.78 is 10.4. The molecule has 3 nitrogen and oxygen atoms in total. The molecule has 2 aliphatic carbocycles. The van der Waals surface area contributed by atoms with Crippen LogP contribution >= 0.6 is 0 Å². The van der Waals surface area contributed by atoms with E-state index in [0.717, 1.165) is 17.1 Å². The Morgan fingerprint density at radius 1 is 1.38 bits per heavy atom. The average Bonchev–Trinajstić information content (AvgIpc) is 2.69. The molecular formula is C13H12O3. The van der Waals surface area contributed by atoms with Gasteiger partial charge in [-0.2, -0.15) is 0 Å². The first-order valence-corrected chi connectivity index (χ1v) is 5.34. The molecule has 0 aromatic rings. The lowest BCUT2D eigenvalue weighted by Crippen LogP contribution is -2.18. The van der Waals surface area contributed by atoms with Gasteiger partial charge in [0, 0.05) is 11.8 Å². The molecule has 0 spiro atoms. The van der Waals surface area contributed by atoms with E-state index in [-0.39, 0.29) is 11.9 Å². The number of fused-ring (bicyclic) bond motifs is 2. The number of hydrogen-bond acceptors (Lipinski definition) is 3. The Kier molecular flexibility index (Phi) is 1.99. The smallest absolute Gasteiger partial charge is 0.315 e. The molecular weight excluding hydrogens is 204 g/mol. The van der Waals surface area contributed by atoms with Crippen molar-refractivity contribution in [3.63, 3.8) is 0 Å². The quantitative estimate of drug-likeness (QED) is 0.629. The lowest BCUT2D eigenvalue weighted by molar-refractivity contribution is -0.136. The van der Waals surface area contributed by atoms with Crippen molar-refractivity contribution >= 4 is 5.97 Å². The molecule has 3 aliphatic rings. The van der Waals surface area contributed by atoms with Crippen LogP contribution in [0.1, 0.15) is 6.42 Å². The Morgan fingerprint density at radius 2 is 2.19 bits per heavy atom. The van der Waals surface area contributed by atoms with E-state index in [0.29, 0.717) is 12.3 Å². The van der Waals surface area contributed by atoms with Gasteiger partial charge in [-0.25, -0.2) is 0 Å². The monoisotopic (exact) mass is 216 g/mol. The molecule has 1 aliphatic heterocycles. The molecule has 0 radical (unpaired) electrons. The first-order valence-electron chi connectivity index (χ1n) is 5.34. The fourth-order valence-electron chi connectivity index (χ4n) is 2.41. The number of esters is 1. The van der Waals surface area contributed by atoms with Crippen molar-refractivity contribution in [1.82, 2.24) is 0 Å². The zero-order valence-electron chi connectivity index (χ0n) is 8.97. The maximum Gasteiger partial charge on any atom is 0.315 e. The number of carbonyl (C=O) groups excluding carboxylic acids is 1. The minimum absolute atomic E-state index is 0.155. The predicted octanol–water partition coefficient (Wildman–Crippen LogP) is 2.09. The van der Waals surface area contributed by atoms with Crippen LogP contribution in [0.2, 0.25) is 0 Å². The molecule has 0 N–H and O–H groups in total. The van der Waals surface area contributed by atoms with E-state index in [4.69, 9.17) is 9.47 Å².